The molecule has 1 aliphatic rings. The van der Waals surface area contributed by atoms with Crippen LogP contribution in [0.4, 0.5) is 10.5 Å². The molecular formula is C23H26N4O2. The van der Waals surface area contributed by atoms with Crippen LogP contribution < -0.4 is 9.64 Å². The summed E-state index contributed by atoms with van der Waals surface area (Å²) in [7, 11) is 1.66. The van der Waals surface area contributed by atoms with Crippen molar-refractivity contribution >= 4 is 11.7 Å². The molecule has 6 nitrogen and oxygen atoms in total. The van der Waals surface area contributed by atoms with Crippen LogP contribution in [-0.2, 0) is 0 Å². The summed E-state index contributed by atoms with van der Waals surface area (Å²) >= 11 is 0. The minimum Gasteiger partial charge on any atom is -0.497 e. The normalized spacial score (nSPS) is 16.9. The molecule has 1 aliphatic heterocycles. The van der Waals surface area contributed by atoms with Crippen molar-refractivity contribution < 1.29 is 9.53 Å². The smallest absolute Gasteiger partial charge is 0.325 e. The van der Waals surface area contributed by atoms with Gasteiger partial charge in [-0.2, -0.15) is 5.10 Å². The molecule has 0 aliphatic carbocycles. The average Bonchev–Trinajstić information content (AvgIpc) is 3.34. The molecule has 6 heteroatoms. The van der Waals surface area contributed by atoms with E-state index in [0.717, 1.165) is 28.1 Å². The number of methoxy groups -OCH3 is 1. The standard InChI is InChI=1S/C23H26N4O2/c1-16(18-6-5-7-21(12-18)29-4)27-22(28)26(15-23(27,2)3)20-10-8-17(9-11-20)19-13-24-25-14-19/h5-14,16H,15H2,1-4H3,(H,24,25). The summed E-state index contributed by atoms with van der Waals surface area (Å²) in [5.41, 5.74) is 3.74. The lowest BCUT2D eigenvalue weighted by atomic mass is 9.99. The highest BCUT2D eigenvalue weighted by atomic mass is 16.5. The molecule has 2 amide bonds. The fourth-order valence-corrected chi connectivity index (χ4v) is 4.10. The zero-order chi connectivity index (χ0) is 20.6. The number of rotatable bonds is 5. The summed E-state index contributed by atoms with van der Waals surface area (Å²) in [4.78, 5) is 17.2. The van der Waals surface area contributed by atoms with E-state index in [1.807, 2.05) is 64.5 Å². The predicted octanol–water partition coefficient (Wildman–Crippen LogP) is 4.87. The number of amides is 2. The van der Waals surface area contributed by atoms with Crippen molar-refractivity contribution in [2.75, 3.05) is 18.6 Å². The third-order valence-electron chi connectivity index (χ3n) is 5.61. The number of anilines is 1. The molecular weight excluding hydrogens is 364 g/mol. The third-order valence-corrected chi connectivity index (χ3v) is 5.61. The number of aromatic nitrogens is 2. The Balaban J connectivity index is 1.60. The SMILES string of the molecule is COc1cccc(C(C)N2C(=O)N(c3ccc(-c4cn[nH]c4)cc3)CC2(C)C)c1. The Morgan fingerprint density at radius 3 is 2.55 bits per heavy atom. The van der Waals surface area contributed by atoms with Crippen LogP contribution in [0.15, 0.2) is 60.9 Å². The molecule has 2 heterocycles. The summed E-state index contributed by atoms with van der Waals surface area (Å²) in [6, 6.07) is 15.9. The number of nitrogens with zero attached hydrogens (tertiary/aromatic N) is 3. The van der Waals surface area contributed by atoms with Crippen LogP contribution in [0.5, 0.6) is 5.75 Å². The van der Waals surface area contributed by atoms with Crippen molar-refractivity contribution in [2.24, 2.45) is 0 Å². The summed E-state index contributed by atoms with van der Waals surface area (Å²) in [5, 5.41) is 6.82. The number of hydrogen-bond acceptors (Lipinski definition) is 3. The maximum Gasteiger partial charge on any atom is 0.325 e. The highest BCUT2D eigenvalue weighted by molar-refractivity contribution is 5.95. The Labute approximate surface area is 171 Å². The largest absolute Gasteiger partial charge is 0.497 e. The Kier molecular flexibility index (Phi) is 4.78. The van der Waals surface area contributed by atoms with Gasteiger partial charge >= 0.3 is 6.03 Å². The monoisotopic (exact) mass is 390 g/mol. The van der Waals surface area contributed by atoms with Crippen LogP contribution in [0.25, 0.3) is 11.1 Å². The molecule has 150 valence electrons. The van der Waals surface area contributed by atoms with Crippen molar-refractivity contribution in [3.63, 3.8) is 0 Å². The quantitative estimate of drug-likeness (QED) is 0.676. The van der Waals surface area contributed by atoms with Gasteiger partial charge in [-0.3, -0.25) is 10.00 Å². The Hall–Kier alpha value is -3.28. The molecule has 0 bridgehead atoms. The number of benzene rings is 2. The molecule has 1 atom stereocenters. The molecule has 0 radical (unpaired) electrons. The van der Waals surface area contributed by atoms with E-state index in [1.54, 1.807) is 13.3 Å². The van der Waals surface area contributed by atoms with Gasteiger partial charge in [0.2, 0.25) is 0 Å². The van der Waals surface area contributed by atoms with Crippen LogP contribution in [0.1, 0.15) is 32.4 Å². The van der Waals surface area contributed by atoms with Gasteiger partial charge in [0.15, 0.2) is 0 Å². The number of aromatic amines is 1. The zero-order valence-corrected chi connectivity index (χ0v) is 17.2. The zero-order valence-electron chi connectivity index (χ0n) is 17.2. The van der Waals surface area contributed by atoms with Gasteiger partial charge in [0.25, 0.3) is 0 Å². The van der Waals surface area contributed by atoms with Gasteiger partial charge in [0, 0.05) is 17.4 Å². The van der Waals surface area contributed by atoms with Gasteiger partial charge in [0.05, 0.1) is 31.4 Å². The van der Waals surface area contributed by atoms with E-state index < -0.39 is 0 Å². The number of carbonyl (C=O) groups excluding carboxylic acids is 1. The molecule has 29 heavy (non-hydrogen) atoms. The second kappa shape index (κ2) is 7.28. The number of ether oxygens (including phenoxy) is 1. The Bertz CT molecular complexity index is 996. The molecule has 3 aromatic rings. The maximum absolute atomic E-state index is 13.4. The average molecular weight is 390 g/mol. The van der Waals surface area contributed by atoms with Crippen LogP contribution in [0.2, 0.25) is 0 Å². The highest BCUT2D eigenvalue weighted by Crippen LogP contribution is 2.38. The van der Waals surface area contributed by atoms with E-state index in [0.29, 0.717) is 6.54 Å². The summed E-state index contributed by atoms with van der Waals surface area (Å²) < 4.78 is 5.36. The molecule has 1 N–H and O–H groups in total. The predicted molar refractivity (Wildman–Crippen MR) is 114 cm³/mol. The number of urea groups is 1. The molecule has 1 unspecified atom stereocenters. The van der Waals surface area contributed by atoms with Crippen molar-refractivity contribution in [3.8, 4) is 16.9 Å². The van der Waals surface area contributed by atoms with E-state index >= 15 is 0 Å². The lowest BCUT2D eigenvalue weighted by Crippen LogP contribution is -2.43. The molecule has 4 rings (SSSR count). The van der Waals surface area contributed by atoms with Crippen molar-refractivity contribution in [1.29, 1.82) is 0 Å². The van der Waals surface area contributed by atoms with Crippen LogP contribution >= 0.6 is 0 Å². The van der Waals surface area contributed by atoms with Gasteiger partial charge in [-0.05, 0) is 56.2 Å². The van der Waals surface area contributed by atoms with Gasteiger partial charge in [-0.15, -0.1) is 0 Å². The lowest BCUT2D eigenvalue weighted by Gasteiger charge is -2.35. The van der Waals surface area contributed by atoms with E-state index in [1.165, 1.54) is 0 Å². The lowest BCUT2D eigenvalue weighted by molar-refractivity contribution is 0.146. The first-order valence-corrected chi connectivity index (χ1v) is 9.75. The second-order valence-corrected chi connectivity index (χ2v) is 8.04. The summed E-state index contributed by atoms with van der Waals surface area (Å²) in [5.74, 6) is 0.797. The number of carbonyl (C=O) groups is 1. The van der Waals surface area contributed by atoms with Gasteiger partial charge in [-0.25, -0.2) is 4.79 Å². The van der Waals surface area contributed by atoms with Gasteiger partial charge < -0.3 is 9.64 Å². The summed E-state index contributed by atoms with van der Waals surface area (Å²) in [6.07, 6.45) is 3.65. The molecule has 1 fully saturated rings. The maximum atomic E-state index is 13.4. The number of H-pyrrole nitrogens is 1. The van der Waals surface area contributed by atoms with Crippen molar-refractivity contribution in [2.45, 2.75) is 32.4 Å². The summed E-state index contributed by atoms with van der Waals surface area (Å²) in [6.45, 7) is 6.92. The fourth-order valence-electron chi connectivity index (χ4n) is 4.10. The van der Waals surface area contributed by atoms with Gasteiger partial charge in [-0.1, -0.05) is 24.3 Å². The Morgan fingerprint density at radius 1 is 1.14 bits per heavy atom. The molecule has 0 saturated carbocycles. The van der Waals surface area contributed by atoms with Crippen LogP contribution in [0, 0.1) is 0 Å². The molecule has 1 aromatic heterocycles. The van der Waals surface area contributed by atoms with Crippen LogP contribution in [0.3, 0.4) is 0 Å². The minimum atomic E-state index is -0.303. The first-order valence-electron chi connectivity index (χ1n) is 9.75. The number of hydrogen-bond donors (Lipinski definition) is 1. The molecule has 2 aromatic carbocycles. The van der Waals surface area contributed by atoms with E-state index in [2.05, 4.69) is 31.0 Å². The first-order chi connectivity index (χ1) is 13.9. The first kappa shape index (κ1) is 19.1. The number of nitrogens with one attached hydrogen (secondary N) is 1. The van der Waals surface area contributed by atoms with E-state index in [-0.39, 0.29) is 17.6 Å². The third kappa shape index (κ3) is 3.46. The minimum absolute atomic E-state index is 0.0152. The topological polar surface area (TPSA) is 61.5 Å². The molecule has 0 spiro atoms. The van der Waals surface area contributed by atoms with Crippen molar-refractivity contribution in [1.82, 2.24) is 15.1 Å². The highest BCUT2D eigenvalue weighted by Gasteiger charge is 2.46. The van der Waals surface area contributed by atoms with E-state index in [9.17, 15) is 4.79 Å². The fraction of sp³-hybridized carbons (Fsp3) is 0.304. The van der Waals surface area contributed by atoms with Crippen molar-refractivity contribution in [3.05, 3.63) is 66.5 Å². The van der Waals surface area contributed by atoms with Gasteiger partial charge in [0.1, 0.15) is 5.75 Å². The van der Waals surface area contributed by atoms with E-state index in [4.69, 9.17) is 4.74 Å². The van der Waals surface area contributed by atoms with Crippen LogP contribution in [-0.4, -0.2) is 40.3 Å². The Morgan fingerprint density at radius 2 is 1.90 bits per heavy atom. The molecule has 1 saturated heterocycles. The second-order valence-electron chi connectivity index (χ2n) is 8.04.